The summed E-state index contributed by atoms with van der Waals surface area (Å²) >= 11 is 0. The van der Waals surface area contributed by atoms with Crippen molar-refractivity contribution in [1.29, 1.82) is 0 Å². The fourth-order valence-corrected chi connectivity index (χ4v) is 3.85. The van der Waals surface area contributed by atoms with Gasteiger partial charge in [-0.1, -0.05) is 30.3 Å². The zero-order valence-corrected chi connectivity index (χ0v) is 16.4. The topological polar surface area (TPSA) is 65.3 Å². The summed E-state index contributed by atoms with van der Waals surface area (Å²) in [5.74, 6) is 2.98. The lowest BCUT2D eigenvalue weighted by Crippen LogP contribution is -2.36. The first kappa shape index (κ1) is 18.3. The summed E-state index contributed by atoms with van der Waals surface area (Å²) < 4.78 is 13.0. The number of rotatable bonds is 5. The van der Waals surface area contributed by atoms with Crippen molar-refractivity contribution in [2.24, 2.45) is 0 Å². The van der Waals surface area contributed by atoms with Crippen LogP contribution in [0.2, 0.25) is 0 Å². The molecular weight excluding hydrogens is 366 g/mol. The van der Waals surface area contributed by atoms with Crippen molar-refractivity contribution in [2.45, 2.75) is 18.9 Å². The molecule has 0 bridgehead atoms. The van der Waals surface area contributed by atoms with E-state index in [1.165, 1.54) is 5.56 Å². The van der Waals surface area contributed by atoms with Crippen molar-refractivity contribution in [2.75, 3.05) is 44.4 Å². The third kappa shape index (κ3) is 4.02. The Morgan fingerprint density at radius 2 is 1.83 bits per heavy atom. The Kier molecular flexibility index (Phi) is 5.23. The second-order valence-corrected chi connectivity index (χ2v) is 7.50. The van der Waals surface area contributed by atoms with Gasteiger partial charge in [-0.15, -0.1) is 0 Å². The molecule has 2 aromatic heterocycles. The van der Waals surface area contributed by atoms with Gasteiger partial charge in [-0.3, -0.25) is 0 Å². The molecule has 1 unspecified atom stereocenters. The maximum atomic E-state index is 5.55. The van der Waals surface area contributed by atoms with Crippen LogP contribution in [0.3, 0.4) is 0 Å². The molecule has 1 aromatic carbocycles. The third-order valence-corrected chi connectivity index (χ3v) is 5.50. The molecule has 4 heterocycles. The Bertz CT molecular complexity index is 930. The average Bonchev–Trinajstić information content (AvgIpc) is 3.46. The van der Waals surface area contributed by atoms with Crippen LogP contribution < -0.4 is 4.90 Å². The molecule has 2 saturated heterocycles. The van der Waals surface area contributed by atoms with Crippen molar-refractivity contribution in [3.8, 4) is 11.4 Å². The summed E-state index contributed by atoms with van der Waals surface area (Å²) in [6.07, 6.45) is 2.88. The van der Waals surface area contributed by atoms with Gasteiger partial charge in [-0.25, -0.2) is 14.6 Å². The van der Waals surface area contributed by atoms with Gasteiger partial charge in [0.15, 0.2) is 11.6 Å². The highest BCUT2D eigenvalue weighted by Gasteiger charge is 2.24. The molecular formula is C22H25N5O2. The molecule has 2 aliphatic rings. The van der Waals surface area contributed by atoms with E-state index in [9.17, 15) is 0 Å². The van der Waals surface area contributed by atoms with Crippen LogP contribution >= 0.6 is 0 Å². The minimum atomic E-state index is 0.270. The summed E-state index contributed by atoms with van der Waals surface area (Å²) in [7, 11) is 0. The molecule has 7 nitrogen and oxygen atoms in total. The monoisotopic (exact) mass is 391 g/mol. The molecule has 0 N–H and O–H groups in total. The summed E-state index contributed by atoms with van der Waals surface area (Å²) in [6, 6.07) is 14.5. The normalized spacial score (nSPS) is 19.6. The lowest BCUT2D eigenvalue weighted by molar-refractivity contribution is 0.122. The number of anilines is 1. The number of hydrogen-bond acceptors (Lipinski definition) is 6. The van der Waals surface area contributed by atoms with Gasteiger partial charge in [0.05, 0.1) is 26.4 Å². The molecule has 0 aliphatic carbocycles. The zero-order chi connectivity index (χ0) is 19.5. The van der Waals surface area contributed by atoms with Crippen LogP contribution in [0.25, 0.3) is 11.4 Å². The zero-order valence-electron chi connectivity index (χ0n) is 16.4. The predicted molar refractivity (Wildman–Crippen MR) is 110 cm³/mol. The molecule has 3 aromatic rings. The van der Waals surface area contributed by atoms with Crippen LogP contribution in [-0.2, 0) is 16.0 Å². The first-order valence-corrected chi connectivity index (χ1v) is 10.2. The Morgan fingerprint density at radius 3 is 2.55 bits per heavy atom. The molecule has 1 atom stereocenters. The van der Waals surface area contributed by atoms with Gasteiger partial charge < -0.3 is 14.4 Å². The standard InChI is InChI=1S/C22H25N5O2/c1-2-4-17(5-3-1)15-27-22(24-21(25-27)19-8-11-29-16-19)18-6-7-20(23-14-18)26-9-12-28-13-10-26/h1-7,14,19H,8-13,15-16H2. The first-order chi connectivity index (χ1) is 14.4. The lowest BCUT2D eigenvalue weighted by Gasteiger charge is -2.27. The highest BCUT2D eigenvalue weighted by molar-refractivity contribution is 5.57. The Morgan fingerprint density at radius 1 is 0.966 bits per heavy atom. The van der Waals surface area contributed by atoms with Gasteiger partial charge in [0.1, 0.15) is 5.82 Å². The fourth-order valence-electron chi connectivity index (χ4n) is 3.85. The molecule has 0 amide bonds. The van der Waals surface area contributed by atoms with Gasteiger partial charge in [0, 0.05) is 37.4 Å². The number of ether oxygens (including phenoxy) is 2. The number of pyridine rings is 1. The molecule has 2 fully saturated rings. The largest absolute Gasteiger partial charge is 0.381 e. The molecule has 2 aliphatic heterocycles. The van der Waals surface area contributed by atoms with Gasteiger partial charge in [0.25, 0.3) is 0 Å². The van der Waals surface area contributed by atoms with E-state index in [0.29, 0.717) is 13.2 Å². The van der Waals surface area contributed by atoms with E-state index in [0.717, 1.165) is 62.4 Å². The van der Waals surface area contributed by atoms with E-state index in [-0.39, 0.29) is 5.92 Å². The number of benzene rings is 1. The van der Waals surface area contributed by atoms with Gasteiger partial charge in [-0.05, 0) is 24.1 Å². The molecule has 29 heavy (non-hydrogen) atoms. The van der Waals surface area contributed by atoms with Crippen LogP contribution in [0.1, 0.15) is 23.7 Å². The summed E-state index contributed by atoms with van der Waals surface area (Å²) in [5, 5.41) is 4.85. The maximum Gasteiger partial charge on any atom is 0.160 e. The Labute approximate surface area is 170 Å². The van der Waals surface area contributed by atoms with Crippen molar-refractivity contribution < 1.29 is 9.47 Å². The number of hydrogen-bond donors (Lipinski definition) is 0. The van der Waals surface area contributed by atoms with Crippen LogP contribution in [-0.4, -0.2) is 59.3 Å². The summed E-state index contributed by atoms with van der Waals surface area (Å²) in [5.41, 5.74) is 2.18. The van der Waals surface area contributed by atoms with Gasteiger partial charge in [0.2, 0.25) is 0 Å². The lowest BCUT2D eigenvalue weighted by atomic mass is 10.1. The molecule has 150 valence electrons. The highest BCUT2D eigenvalue weighted by atomic mass is 16.5. The molecule has 5 rings (SSSR count). The van der Waals surface area contributed by atoms with Crippen molar-refractivity contribution in [1.82, 2.24) is 19.7 Å². The number of morpholine rings is 1. The molecule has 0 spiro atoms. The minimum Gasteiger partial charge on any atom is -0.381 e. The second kappa shape index (κ2) is 8.31. The van der Waals surface area contributed by atoms with Gasteiger partial charge >= 0.3 is 0 Å². The van der Waals surface area contributed by atoms with Crippen LogP contribution in [0.5, 0.6) is 0 Å². The fraction of sp³-hybridized carbons (Fsp3) is 0.409. The van der Waals surface area contributed by atoms with E-state index in [1.807, 2.05) is 16.9 Å². The van der Waals surface area contributed by atoms with Crippen LogP contribution in [0.4, 0.5) is 5.82 Å². The van der Waals surface area contributed by atoms with E-state index < -0.39 is 0 Å². The SMILES string of the molecule is c1ccc(Cn2nc(C3CCOC3)nc2-c2ccc(N3CCOCC3)nc2)cc1. The highest BCUT2D eigenvalue weighted by Crippen LogP contribution is 2.27. The van der Waals surface area contributed by atoms with Crippen molar-refractivity contribution in [3.05, 3.63) is 60.0 Å². The third-order valence-electron chi connectivity index (χ3n) is 5.50. The summed E-state index contributed by atoms with van der Waals surface area (Å²) in [6.45, 7) is 5.42. The quantitative estimate of drug-likeness (QED) is 0.666. The summed E-state index contributed by atoms with van der Waals surface area (Å²) in [4.78, 5) is 11.9. The number of aromatic nitrogens is 4. The molecule has 0 saturated carbocycles. The number of nitrogens with zero attached hydrogens (tertiary/aromatic N) is 5. The minimum absolute atomic E-state index is 0.270. The van der Waals surface area contributed by atoms with Crippen molar-refractivity contribution in [3.63, 3.8) is 0 Å². The Hall–Kier alpha value is -2.77. The van der Waals surface area contributed by atoms with Crippen molar-refractivity contribution >= 4 is 5.82 Å². The molecule has 0 radical (unpaired) electrons. The smallest absolute Gasteiger partial charge is 0.160 e. The first-order valence-electron chi connectivity index (χ1n) is 10.2. The average molecular weight is 391 g/mol. The molecule has 7 heteroatoms. The predicted octanol–water partition coefficient (Wildman–Crippen LogP) is 2.73. The second-order valence-electron chi connectivity index (χ2n) is 7.50. The van der Waals surface area contributed by atoms with E-state index in [2.05, 4.69) is 41.3 Å². The van der Waals surface area contributed by atoms with Crippen LogP contribution in [0, 0.1) is 0 Å². The maximum absolute atomic E-state index is 5.55. The van der Waals surface area contributed by atoms with E-state index in [1.54, 1.807) is 0 Å². The van der Waals surface area contributed by atoms with E-state index >= 15 is 0 Å². The van der Waals surface area contributed by atoms with Gasteiger partial charge in [-0.2, -0.15) is 5.10 Å². The Balaban J connectivity index is 1.45. The van der Waals surface area contributed by atoms with Crippen LogP contribution in [0.15, 0.2) is 48.7 Å². The van der Waals surface area contributed by atoms with E-state index in [4.69, 9.17) is 24.5 Å².